The third-order valence-electron chi connectivity index (χ3n) is 6.28. The summed E-state index contributed by atoms with van der Waals surface area (Å²) < 4.78 is 2.04. The van der Waals surface area contributed by atoms with Gasteiger partial charge in [-0.15, -0.1) is 0 Å². The Balaban J connectivity index is 1.45. The Morgan fingerprint density at radius 2 is 1.93 bits per heavy atom. The third kappa shape index (κ3) is 2.91. The van der Waals surface area contributed by atoms with Crippen molar-refractivity contribution in [3.8, 4) is 16.9 Å². The van der Waals surface area contributed by atoms with Crippen LogP contribution >= 0.6 is 23.2 Å². The largest absolute Gasteiger partial charge is 0.507 e. The van der Waals surface area contributed by atoms with E-state index in [0.29, 0.717) is 26.9 Å². The van der Waals surface area contributed by atoms with Gasteiger partial charge in [0.2, 0.25) is 0 Å². The minimum absolute atomic E-state index is 0.118. The van der Waals surface area contributed by atoms with Crippen LogP contribution in [0.2, 0.25) is 10.0 Å². The fourth-order valence-corrected chi connectivity index (χ4v) is 5.16. The molecule has 0 bridgehead atoms. The van der Waals surface area contributed by atoms with Gasteiger partial charge in [-0.3, -0.25) is 0 Å². The maximum Gasteiger partial charge on any atom is 0.137 e. The Bertz CT molecular complexity index is 1020. The first-order valence-corrected chi connectivity index (χ1v) is 10.2. The molecule has 0 amide bonds. The molecule has 1 aliphatic heterocycles. The summed E-state index contributed by atoms with van der Waals surface area (Å²) in [6.45, 7) is 2.29. The van der Waals surface area contributed by atoms with Gasteiger partial charge < -0.3 is 14.8 Å². The van der Waals surface area contributed by atoms with Crippen LogP contribution in [0.5, 0.6) is 5.75 Å². The number of aromatic hydroxyl groups is 1. The summed E-state index contributed by atoms with van der Waals surface area (Å²) in [5.74, 6) is 0.669. The number of imidazole rings is 1. The van der Waals surface area contributed by atoms with Gasteiger partial charge >= 0.3 is 0 Å². The number of hydrogen-bond donors (Lipinski definition) is 2. The minimum Gasteiger partial charge on any atom is -0.507 e. The van der Waals surface area contributed by atoms with Crippen molar-refractivity contribution >= 4 is 28.8 Å². The van der Waals surface area contributed by atoms with Gasteiger partial charge in [0.05, 0.1) is 15.7 Å². The van der Waals surface area contributed by atoms with Crippen LogP contribution in [-0.2, 0) is 0 Å². The first-order chi connectivity index (χ1) is 13.0. The Hall–Kier alpha value is -1.75. The number of pyridine rings is 1. The van der Waals surface area contributed by atoms with Crippen molar-refractivity contribution in [1.82, 2.24) is 14.7 Å². The van der Waals surface area contributed by atoms with E-state index >= 15 is 0 Å². The van der Waals surface area contributed by atoms with Gasteiger partial charge in [-0.05, 0) is 74.0 Å². The first-order valence-electron chi connectivity index (χ1n) is 9.41. The molecule has 0 radical (unpaired) electrons. The number of rotatable bonds is 2. The van der Waals surface area contributed by atoms with Gasteiger partial charge in [0.15, 0.2) is 0 Å². The minimum atomic E-state index is 0.118. The zero-order valence-corrected chi connectivity index (χ0v) is 16.4. The van der Waals surface area contributed by atoms with E-state index in [-0.39, 0.29) is 5.75 Å². The SMILES string of the molecule is Oc1ccc(Cl)c(Cl)c1-c1ccn2cc(C3CC4(CCNCC4)C3)nc2c1. The van der Waals surface area contributed by atoms with Crippen LogP contribution in [0.15, 0.2) is 36.7 Å². The lowest BCUT2D eigenvalue weighted by molar-refractivity contribution is 0.0589. The van der Waals surface area contributed by atoms with Crippen molar-refractivity contribution in [3.05, 3.63) is 52.4 Å². The summed E-state index contributed by atoms with van der Waals surface area (Å²) in [5.41, 5.74) is 3.93. The van der Waals surface area contributed by atoms with E-state index in [2.05, 4.69) is 11.5 Å². The monoisotopic (exact) mass is 401 g/mol. The molecular formula is C21H21Cl2N3O. The number of nitrogens with one attached hydrogen (secondary N) is 1. The van der Waals surface area contributed by atoms with Crippen molar-refractivity contribution in [2.45, 2.75) is 31.6 Å². The normalized spacial score (nSPS) is 19.5. The molecule has 2 aliphatic rings. The molecule has 1 aromatic carbocycles. The van der Waals surface area contributed by atoms with E-state index in [1.165, 1.54) is 25.7 Å². The molecular weight excluding hydrogens is 381 g/mol. The molecule has 2 N–H and O–H groups in total. The lowest BCUT2D eigenvalue weighted by atomic mass is 9.57. The maximum absolute atomic E-state index is 10.2. The Morgan fingerprint density at radius 3 is 2.70 bits per heavy atom. The van der Waals surface area contributed by atoms with Crippen molar-refractivity contribution in [2.24, 2.45) is 5.41 Å². The molecule has 0 atom stereocenters. The molecule has 1 saturated heterocycles. The van der Waals surface area contributed by atoms with Gasteiger partial charge in [0.25, 0.3) is 0 Å². The number of piperidine rings is 1. The van der Waals surface area contributed by atoms with Gasteiger partial charge in [-0.1, -0.05) is 23.2 Å². The van der Waals surface area contributed by atoms with Crippen LogP contribution in [0.4, 0.5) is 0 Å². The smallest absolute Gasteiger partial charge is 0.137 e. The van der Waals surface area contributed by atoms with Gasteiger partial charge in [0, 0.05) is 23.9 Å². The van der Waals surface area contributed by atoms with Crippen LogP contribution in [0, 0.1) is 5.41 Å². The van der Waals surface area contributed by atoms with E-state index in [1.807, 2.05) is 22.7 Å². The molecule has 3 heterocycles. The fourth-order valence-electron chi connectivity index (χ4n) is 4.73. The molecule has 2 aromatic heterocycles. The van der Waals surface area contributed by atoms with Crippen molar-refractivity contribution in [1.29, 1.82) is 0 Å². The number of hydrogen-bond acceptors (Lipinski definition) is 3. The summed E-state index contributed by atoms with van der Waals surface area (Å²) in [6.07, 6.45) is 9.16. The molecule has 140 valence electrons. The number of fused-ring (bicyclic) bond motifs is 1. The topological polar surface area (TPSA) is 49.6 Å². The molecule has 1 saturated carbocycles. The van der Waals surface area contributed by atoms with Gasteiger partial charge in [0.1, 0.15) is 11.4 Å². The molecule has 27 heavy (non-hydrogen) atoms. The summed E-state index contributed by atoms with van der Waals surface area (Å²) in [7, 11) is 0. The average molecular weight is 402 g/mol. The summed E-state index contributed by atoms with van der Waals surface area (Å²) >= 11 is 12.5. The van der Waals surface area contributed by atoms with Crippen LogP contribution in [0.3, 0.4) is 0 Å². The highest BCUT2D eigenvalue weighted by atomic mass is 35.5. The van der Waals surface area contributed by atoms with Gasteiger partial charge in [-0.2, -0.15) is 0 Å². The molecule has 0 unspecified atom stereocenters. The number of phenolic OH excluding ortho intramolecular Hbond substituents is 1. The molecule has 1 spiro atoms. The standard InChI is InChI=1S/C21H21Cl2N3O/c22-15-1-2-17(27)19(20(15)23)13-3-8-26-12-16(25-18(26)9-13)14-10-21(11-14)4-6-24-7-5-21/h1-3,8-9,12,14,24,27H,4-7,10-11H2. The molecule has 4 nitrogen and oxygen atoms in total. The Labute approximate surface area is 168 Å². The highest BCUT2D eigenvalue weighted by Gasteiger charge is 2.45. The zero-order chi connectivity index (χ0) is 18.6. The Morgan fingerprint density at radius 1 is 1.15 bits per heavy atom. The number of halogens is 2. The molecule has 3 aromatic rings. The zero-order valence-electron chi connectivity index (χ0n) is 14.9. The Kier molecular flexibility index (Phi) is 4.12. The fraction of sp³-hybridized carbons (Fsp3) is 0.381. The number of phenols is 1. The predicted octanol–water partition coefficient (Wildman–Crippen LogP) is 5.26. The van der Waals surface area contributed by atoms with Crippen LogP contribution < -0.4 is 5.32 Å². The molecule has 6 heteroatoms. The second kappa shape index (κ2) is 6.40. The van der Waals surface area contributed by atoms with E-state index < -0.39 is 0 Å². The number of nitrogens with zero attached hydrogens (tertiary/aromatic N) is 2. The van der Waals surface area contributed by atoms with E-state index in [1.54, 1.807) is 12.1 Å². The van der Waals surface area contributed by atoms with Crippen molar-refractivity contribution in [3.63, 3.8) is 0 Å². The van der Waals surface area contributed by atoms with Crippen molar-refractivity contribution < 1.29 is 5.11 Å². The van der Waals surface area contributed by atoms with E-state index in [0.717, 1.165) is 30.0 Å². The molecule has 1 aliphatic carbocycles. The third-order valence-corrected chi connectivity index (χ3v) is 7.09. The highest BCUT2D eigenvalue weighted by molar-refractivity contribution is 6.44. The van der Waals surface area contributed by atoms with E-state index in [4.69, 9.17) is 28.2 Å². The van der Waals surface area contributed by atoms with E-state index in [9.17, 15) is 5.11 Å². The van der Waals surface area contributed by atoms with Gasteiger partial charge in [-0.25, -0.2) is 4.98 Å². The lowest BCUT2D eigenvalue weighted by Crippen LogP contribution is -2.44. The van der Waals surface area contributed by atoms with Crippen LogP contribution in [0.25, 0.3) is 16.8 Å². The second-order valence-electron chi connectivity index (χ2n) is 7.96. The summed E-state index contributed by atoms with van der Waals surface area (Å²) in [4.78, 5) is 4.87. The molecule has 5 rings (SSSR count). The van der Waals surface area contributed by atoms with Crippen LogP contribution in [0.1, 0.15) is 37.3 Å². The first kappa shape index (κ1) is 17.4. The second-order valence-corrected chi connectivity index (χ2v) is 8.74. The maximum atomic E-state index is 10.2. The number of benzene rings is 1. The lowest BCUT2D eigenvalue weighted by Gasteiger charge is -2.50. The summed E-state index contributed by atoms with van der Waals surface area (Å²) in [5, 5.41) is 14.5. The summed E-state index contributed by atoms with van der Waals surface area (Å²) in [6, 6.07) is 7.06. The average Bonchev–Trinajstić information content (AvgIpc) is 3.07. The number of aromatic nitrogens is 2. The van der Waals surface area contributed by atoms with Crippen molar-refractivity contribution in [2.75, 3.05) is 13.1 Å². The molecule has 2 fully saturated rings. The quantitative estimate of drug-likeness (QED) is 0.615. The van der Waals surface area contributed by atoms with Crippen LogP contribution in [-0.4, -0.2) is 27.6 Å². The predicted molar refractivity (Wildman–Crippen MR) is 109 cm³/mol. The highest BCUT2D eigenvalue weighted by Crippen LogP contribution is 2.55.